The van der Waals surface area contributed by atoms with Crippen molar-refractivity contribution in [3.8, 4) is 0 Å². The van der Waals surface area contributed by atoms with E-state index in [9.17, 15) is 19.7 Å². The van der Waals surface area contributed by atoms with Crippen LogP contribution in [0.2, 0.25) is 0 Å². The molecule has 0 saturated carbocycles. The molecule has 9 heteroatoms. The normalized spacial score (nSPS) is 9.68. The molecule has 0 spiro atoms. The third-order valence-electron chi connectivity index (χ3n) is 2.10. The second kappa shape index (κ2) is 6.19. The fourth-order valence-electron chi connectivity index (χ4n) is 1.31. The van der Waals surface area contributed by atoms with Crippen LogP contribution < -0.4 is 11.1 Å². The summed E-state index contributed by atoms with van der Waals surface area (Å²) in [4.78, 5) is 31.2. The molecular weight excluding hydrogens is 258 g/mol. The van der Waals surface area contributed by atoms with E-state index < -0.39 is 17.0 Å². The number of hydrogen-bond acceptors (Lipinski definition) is 6. The number of carbonyl (C=O) groups is 2. The summed E-state index contributed by atoms with van der Waals surface area (Å²) < 4.78 is 4.43. The van der Waals surface area contributed by atoms with Gasteiger partial charge in [0, 0.05) is 12.6 Å². The van der Waals surface area contributed by atoms with E-state index >= 15 is 0 Å². The van der Waals surface area contributed by atoms with E-state index in [4.69, 9.17) is 10.8 Å². The predicted octanol–water partition coefficient (Wildman–Crippen LogP) is 0.800. The Kier molecular flexibility index (Phi) is 4.63. The Morgan fingerprint density at radius 2 is 2.16 bits per heavy atom. The maximum atomic E-state index is 10.8. The van der Waals surface area contributed by atoms with Crippen LogP contribution in [-0.2, 0) is 4.74 Å². The fraction of sp³-hybridized carbons (Fsp3) is 0.200. The number of nitrogens with zero attached hydrogens (tertiary/aromatic N) is 1. The molecule has 0 bridgehead atoms. The lowest BCUT2D eigenvalue weighted by Gasteiger charge is -2.07. The van der Waals surface area contributed by atoms with Crippen molar-refractivity contribution in [2.75, 3.05) is 18.5 Å². The third-order valence-corrected chi connectivity index (χ3v) is 2.10. The van der Waals surface area contributed by atoms with Crippen LogP contribution in [0.1, 0.15) is 10.4 Å². The average Bonchev–Trinajstić information content (AvgIpc) is 2.33. The Bertz CT molecular complexity index is 516. The Balaban J connectivity index is 2.82. The summed E-state index contributed by atoms with van der Waals surface area (Å²) in [6.45, 7) is -0.0311. The van der Waals surface area contributed by atoms with Gasteiger partial charge in [-0.05, 0) is 12.1 Å². The van der Waals surface area contributed by atoms with Crippen molar-refractivity contribution in [1.82, 2.24) is 0 Å². The molecule has 0 saturated heterocycles. The highest BCUT2D eigenvalue weighted by Crippen LogP contribution is 2.25. The van der Waals surface area contributed by atoms with Crippen LogP contribution in [0.25, 0.3) is 0 Å². The van der Waals surface area contributed by atoms with Crippen LogP contribution in [0, 0.1) is 10.1 Å². The first-order chi connectivity index (χ1) is 8.91. The number of benzene rings is 1. The summed E-state index contributed by atoms with van der Waals surface area (Å²) in [5.41, 5.74) is 4.40. The van der Waals surface area contributed by atoms with E-state index in [-0.39, 0.29) is 30.1 Å². The number of ether oxygens (including phenoxy) is 1. The molecule has 0 aliphatic carbocycles. The summed E-state index contributed by atoms with van der Waals surface area (Å²) >= 11 is 0. The molecule has 1 aromatic rings. The predicted molar refractivity (Wildman–Crippen MR) is 64.1 cm³/mol. The average molecular weight is 269 g/mol. The van der Waals surface area contributed by atoms with Gasteiger partial charge in [0.15, 0.2) is 0 Å². The molecule has 0 radical (unpaired) electrons. The summed E-state index contributed by atoms with van der Waals surface area (Å²) in [7, 11) is 0. The number of nitrogens with two attached hydrogens (primary N) is 1. The quantitative estimate of drug-likeness (QED) is 0.393. The van der Waals surface area contributed by atoms with Crippen molar-refractivity contribution < 1.29 is 24.4 Å². The van der Waals surface area contributed by atoms with Gasteiger partial charge in [0.25, 0.3) is 5.69 Å². The lowest BCUT2D eigenvalue weighted by atomic mass is 10.1. The van der Waals surface area contributed by atoms with E-state index in [1.807, 2.05) is 0 Å². The molecule has 4 N–H and O–H groups in total. The van der Waals surface area contributed by atoms with Crippen molar-refractivity contribution in [1.29, 1.82) is 0 Å². The van der Waals surface area contributed by atoms with Crippen LogP contribution in [0.3, 0.4) is 0 Å². The third kappa shape index (κ3) is 4.15. The first-order valence-electron chi connectivity index (χ1n) is 5.09. The van der Waals surface area contributed by atoms with Crippen molar-refractivity contribution in [2.45, 2.75) is 0 Å². The highest BCUT2D eigenvalue weighted by molar-refractivity contribution is 5.90. The molecule has 102 valence electrons. The molecule has 9 nitrogen and oxygen atoms in total. The summed E-state index contributed by atoms with van der Waals surface area (Å²) in [5, 5.41) is 22.2. The monoisotopic (exact) mass is 269 g/mol. The zero-order valence-corrected chi connectivity index (χ0v) is 9.66. The van der Waals surface area contributed by atoms with Crippen LogP contribution in [0.15, 0.2) is 18.2 Å². The van der Waals surface area contributed by atoms with Crippen LogP contribution in [-0.4, -0.2) is 35.2 Å². The van der Waals surface area contributed by atoms with Gasteiger partial charge in [0.05, 0.1) is 10.5 Å². The van der Waals surface area contributed by atoms with Gasteiger partial charge < -0.3 is 20.9 Å². The van der Waals surface area contributed by atoms with Crippen molar-refractivity contribution in [2.24, 2.45) is 5.73 Å². The summed E-state index contributed by atoms with van der Waals surface area (Å²) in [5.74, 6) is -1.20. The minimum atomic E-state index is -1.20. The SMILES string of the molecule is NC(=O)OCCNc1cc(C(=O)O)ccc1[N+](=O)[O-]. The van der Waals surface area contributed by atoms with E-state index in [0.717, 1.165) is 18.2 Å². The van der Waals surface area contributed by atoms with E-state index in [0.29, 0.717) is 0 Å². The number of anilines is 1. The van der Waals surface area contributed by atoms with Gasteiger partial charge in [0.2, 0.25) is 0 Å². The molecule has 0 aliphatic rings. The van der Waals surface area contributed by atoms with Gasteiger partial charge in [-0.2, -0.15) is 0 Å². The number of nitro benzene ring substituents is 1. The van der Waals surface area contributed by atoms with Gasteiger partial charge in [0.1, 0.15) is 12.3 Å². The number of amides is 1. The van der Waals surface area contributed by atoms with E-state index in [2.05, 4.69) is 10.1 Å². The molecule has 0 atom stereocenters. The standard InChI is InChI=1S/C10H11N3O6/c11-10(16)19-4-3-12-7-5-6(9(14)15)1-2-8(7)13(17)18/h1-2,5,12H,3-4H2,(H2,11,16)(H,14,15). The number of carboxylic acids is 1. The molecule has 0 unspecified atom stereocenters. The maximum absolute atomic E-state index is 10.8. The van der Waals surface area contributed by atoms with Gasteiger partial charge in [-0.3, -0.25) is 10.1 Å². The van der Waals surface area contributed by atoms with Crippen molar-refractivity contribution in [3.63, 3.8) is 0 Å². The van der Waals surface area contributed by atoms with Gasteiger partial charge >= 0.3 is 12.1 Å². The Hall–Kier alpha value is -2.84. The van der Waals surface area contributed by atoms with E-state index in [1.165, 1.54) is 0 Å². The lowest BCUT2D eigenvalue weighted by molar-refractivity contribution is -0.384. The Labute approximate surface area is 107 Å². The van der Waals surface area contributed by atoms with Crippen molar-refractivity contribution in [3.05, 3.63) is 33.9 Å². The number of nitro groups is 1. The number of rotatable bonds is 6. The Morgan fingerprint density at radius 1 is 1.47 bits per heavy atom. The first-order valence-corrected chi connectivity index (χ1v) is 5.09. The largest absolute Gasteiger partial charge is 0.478 e. The number of hydrogen-bond donors (Lipinski definition) is 3. The highest BCUT2D eigenvalue weighted by Gasteiger charge is 2.16. The molecule has 1 amide bonds. The number of aromatic carboxylic acids is 1. The molecule has 1 rings (SSSR count). The molecular formula is C10H11N3O6. The summed E-state index contributed by atoms with van der Waals surface area (Å²) in [6.07, 6.45) is -0.962. The maximum Gasteiger partial charge on any atom is 0.404 e. The fourth-order valence-corrected chi connectivity index (χ4v) is 1.31. The minimum absolute atomic E-state index is 0.0259. The molecule has 19 heavy (non-hydrogen) atoms. The van der Waals surface area contributed by atoms with Crippen LogP contribution >= 0.6 is 0 Å². The number of carbonyl (C=O) groups excluding carboxylic acids is 1. The molecule has 0 aliphatic heterocycles. The number of nitrogens with one attached hydrogen (secondary N) is 1. The van der Waals surface area contributed by atoms with Gasteiger partial charge in [-0.1, -0.05) is 0 Å². The highest BCUT2D eigenvalue weighted by atomic mass is 16.6. The zero-order chi connectivity index (χ0) is 14.4. The second-order valence-electron chi connectivity index (χ2n) is 3.39. The smallest absolute Gasteiger partial charge is 0.404 e. The molecule has 0 heterocycles. The second-order valence-corrected chi connectivity index (χ2v) is 3.39. The Morgan fingerprint density at radius 3 is 2.68 bits per heavy atom. The molecule has 0 aromatic heterocycles. The number of primary amides is 1. The first kappa shape index (κ1) is 14.2. The summed E-state index contributed by atoms with van der Waals surface area (Å²) in [6, 6.07) is 3.34. The zero-order valence-electron chi connectivity index (χ0n) is 9.66. The van der Waals surface area contributed by atoms with E-state index in [1.54, 1.807) is 0 Å². The van der Waals surface area contributed by atoms with Crippen LogP contribution in [0.4, 0.5) is 16.2 Å². The lowest BCUT2D eigenvalue weighted by Crippen LogP contribution is -2.18. The molecule has 0 fully saturated rings. The van der Waals surface area contributed by atoms with Crippen LogP contribution in [0.5, 0.6) is 0 Å². The van der Waals surface area contributed by atoms with Crippen molar-refractivity contribution >= 4 is 23.4 Å². The minimum Gasteiger partial charge on any atom is -0.478 e. The topological polar surface area (TPSA) is 145 Å². The number of carboxylic acid groups (broad SMARTS) is 1. The van der Waals surface area contributed by atoms with Gasteiger partial charge in [-0.25, -0.2) is 9.59 Å². The molecule has 1 aromatic carbocycles. The van der Waals surface area contributed by atoms with Gasteiger partial charge in [-0.15, -0.1) is 0 Å².